The Balaban J connectivity index is 2.89. The molecule has 1 atom stereocenters. The Bertz CT molecular complexity index is 551. The highest BCUT2D eigenvalue weighted by Gasteiger charge is 2.15. The molecule has 0 spiro atoms. The van der Waals surface area contributed by atoms with Crippen molar-refractivity contribution in [3.8, 4) is 5.88 Å². The molecule has 0 saturated heterocycles. The highest BCUT2D eigenvalue weighted by atomic mass is 79.9. The molecule has 1 unspecified atom stereocenters. The lowest BCUT2D eigenvalue weighted by molar-refractivity contribution is 0.116. The average Bonchev–Trinajstić information content (AvgIpc) is 2.29. The number of aromatic nitrogens is 1. The number of rotatable bonds is 7. The molecule has 1 aromatic rings. The minimum Gasteiger partial charge on any atom is -0.474 e. The van der Waals surface area contributed by atoms with Crippen LogP contribution in [-0.4, -0.2) is 63.0 Å². The van der Waals surface area contributed by atoms with Crippen molar-refractivity contribution in [3.63, 3.8) is 0 Å². The summed E-state index contributed by atoms with van der Waals surface area (Å²) in [7, 11) is 0.201. The second kappa shape index (κ2) is 7.21. The van der Waals surface area contributed by atoms with Crippen LogP contribution >= 0.6 is 15.9 Å². The van der Waals surface area contributed by atoms with Gasteiger partial charge >= 0.3 is 0 Å². The third-order valence-corrected chi connectivity index (χ3v) is 3.49. The van der Waals surface area contributed by atoms with Crippen LogP contribution in [0.4, 0.5) is 5.69 Å². The summed E-state index contributed by atoms with van der Waals surface area (Å²) in [6.07, 6.45) is 2.56. The molecule has 0 aliphatic carbocycles. The lowest BCUT2D eigenvalue weighted by Crippen LogP contribution is -2.36. The maximum absolute atomic E-state index is 11.3. The summed E-state index contributed by atoms with van der Waals surface area (Å²) in [4.78, 5) is 5.84. The maximum atomic E-state index is 11.3. The molecule has 0 aliphatic rings. The van der Waals surface area contributed by atoms with Gasteiger partial charge in [0.1, 0.15) is 12.3 Å². The van der Waals surface area contributed by atoms with Crippen molar-refractivity contribution >= 4 is 31.6 Å². The highest BCUT2D eigenvalue weighted by Crippen LogP contribution is 2.26. The fraction of sp³-hybridized carbons (Fsp3) is 0.545. The third-order valence-electron chi connectivity index (χ3n) is 2.47. The van der Waals surface area contributed by atoms with Gasteiger partial charge in [-0.15, -0.1) is 0 Å². The van der Waals surface area contributed by atoms with Gasteiger partial charge in [0.05, 0.1) is 18.9 Å². The molecule has 0 radical (unpaired) electrons. The van der Waals surface area contributed by atoms with E-state index in [1.165, 1.54) is 6.20 Å². The fourth-order valence-electron chi connectivity index (χ4n) is 1.35. The SMILES string of the molecule is CN(C)C(CO)COc1ncc(Br)cc1NS(C)(=O)=O. The molecule has 114 valence electrons. The number of anilines is 1. The Labute approximate surface area is 127 Å². The van der Waals surface area contributed by atoms with Crippen molar-refractivity contribution in [1.82, 2.24) is 9.88 Å². The van der Waals surface area contributed by atoms with Crippen molar-refractivity contribution in [3.05, 3.63) is 16.7 Å². The van der Waals surface area contributed by atoms with Gasteiger partial charge in [0.25, 0.3) is 0 Å². The molecule has 0 aromatic carbocycles. The molecule has 0 amide bonds. The van der Waals surface area contributed by atoms with Crippen LogP contribution in [-0.2, 0) is 10.0 Å². The Morgan fingerprint density at radius 1 is 1.55 bits per heavy atom. The van der Waals surface area contributed by atoms with Crippen LogP contribution in [0.1, 0.15) is 0 Å². The predicted octanol–water partition coefficient (Wildman–Crippen LogP) is 0.517. The van der Waals surface area contributed by atoms with Gasteiger partial charge in [-0.2, -0.15) is 0 Å². The number of likely N-dealkylation sites (N-methyl/N-ethyl adjacent to an activating group) is 1. The highest BCUT2D eigenvalue weighted by molar-refractivity contribution is 9.10. The lowest BCUT2D eigenvalue weighted by atomic mass is 10.3. The standard InChI is InChI=1S/C11H18BrN3O4S/c1-15(2)9(6-16)7-19-11-10(14-20(3,17)18)4-8(12)5-13-11/h4-5,9,14,16H,6-7H2,1-3H3. The van der Waals surface area contributed by atoms with E-state index in [1.807, 2.05) is 19.0 Å². The monoisotopic (exact) mass is 367 g/mol. The van der Waals surface area contributed by atoms with E-state index in [0.717, 1.165) is 6.26 Å². The lowest BCUT2D eigenvalue weighted by Gasteiger charge is -2.22. The zero-order chi connectivity index (χ0) is 15.3. The van der Waals surface area contributed by atoms with E-state index in [2.05, 4.69) is 25.6 Å². The third kappa shape index (κ3) is 5.61. The summed E-state index contributed by atoms with van der Waals surface area (Å²) in [6, 6.07) is 1.36. The zero-order valence-corrected chi connectivity index (χ0v) is 13.9. The molecular weight excluding hydrogens is 350 g/mol. The van der Waals surface area contributed by atoms with Crippen molar-refractivity contribution in [2.45, 2.75) is 6.04 Å². The number of hydrogen-bond donors (Lipinski definition) is 2. The molecular formula is C11H18BrN3O4S. The van der Waals surface area contributed by atoms with Crippen molar-refractivity contribution < 1.29 is 18.3 Å². The summed E-state index contributed by atoms with van der Waals surface area (Å²) < 4.78 is 31.1. The van der Waals surface area contributed by atoms with Crippen molar-refractivity contribution in [2.24, 2.45) is 0 Å². The number of pyridine rings is 1. The number of halogens is 1. The topological polar surface area (TPSA) is 91.8 Å². The molecule has 1 heterocycles. The molecule has 1 rings (SSSR count). The van der Waals surface area contributed by atoms with Crippen LogP contribution in [0.2, 0.25) is 0 Å². The summed E-state index contributed by atoms with van der Waals surface area (Å²) in [5.41, 5.74) is 0.248. The van der Waals surface area contributed by atoms with Crippen LogP contribution in [0.5, 0.6) is 5.88 Å². The molecule has 9 heteroatoms. The summed E-state index contributed by atoms with van der Waals surface area (Å²) in [6.45, 7) is 0.120. The average molecular weight is 368 g/mol. The van der Waals surface area contributed by atoms with Gasteiger partial charge in [0, 0.05) is 10.7 Å². The van der Waals surface area contributed by atoms with Gasteiger partial charge in [-0.3, -0.25) is 4.72 Å². The molecule has 0 fully saturated rings. The summed E-state index contributed by atoms with van der Waals surface area (Å²) in [5.74, 6) is 0.166. The van der Waals surface area contributed by atoms with Gasteiger partial charge in [-0.25, -0.2) is 13.4 Å². The Morgan fingerprint density at radius 2 is 2.20 bits per heavy atom. The maximum Gasteiger partial charge on any atom is 0.238 e. The number of sulfonamides is 1. The van der Waals surface area contributed by atoms with E-state index in [1.54, 1.807) is 6.07 Å². The van der Waals surface area contributed by atoms with E-state index in [0.29, 0.717) is 4.47 Å². The van der Waals surface area contributed by atoms with Crippen LogP contribution in [0.15, 0.2) is 16.7 Å². The van der Waals surface area contributed by atoms with Crippen LogP contribution in [0.3, 0.4) is 0 Å². The number of nitrogens with one attached hydrogen (secondary N) is 1. The van der Waals surface area contributed by atoms with Crippen LogP contribution < -0.4 is 9.46 Å². The number of hydrogen-bond acceptors (Lipinski definition) is 6. The van der Waals surface area contributed by atoms with Crippen molar-refractivity contribution in [1.29, 1.82) is 0 Å². The first kappa shape index (κ1) is 17.2. The van der Waals surface area contributed by atoms with Gasteiger partial charge in [-0.1, -0.05) is 0 Å². The summed E-state index contributed by atoms with van der Waals surface area (Å²) >= 11 is 3.22. The molecule has 7 nitrogen and oxygen atoms in total. The number of nitrogens with zero attached hydrogens (tertiary/aromatic N) is 2. The van der Waals surface area contributed by atoms with E-state index in [9.17, 15) is 13.5 Å². The Hall–Kier alpha value is -0.900. The predicted molar refractivity (Wildman–Crippen MR) is 80.5 cm³/mol. The normalized spacial score (nSPS) is 13.3. The minimum absolute atomic E-state index is 0.0711. The number of aliphatic hydroxyl groups excluding tert-OH is 1. The van der Waals surface area contributed by atoms with Gasteiger partial charge in [0.15, 0.2) is 0 Å². The number of aliphatic hydroxyl groups is 1. The molecule has 0 aliphatic heterocycles. The fourth-order valence-corrected chi connectivity index (χ4v) is 2.23. The quantitative estimate of drug-likeness (QED) is 0.729. The van der Waals surface area contributed by atoms with Gasteiger partial charge < -0.3 is 14.7 Å². The summed E-state index contributed by atoms with van der Waals surface area (Å²) in [5, 5.41) is 9.21. The van der Waals surface area contributed by atoms with Crippen LogP contribution in [0, 0.1) is 0 Å². The van der Waals surface area contributed by atoms with E-state index >= 15 is 0 Å². The molecule has 0 saturated carbocycles. The van der Waals surface area contributed by atoms with Gasteiger partial charge in [-0.05, 0) is 36.1 Å². The smallest absolute Gasteiger partial charge is 0.238 e. The number of ether oxygens (including phenoxy) is 1. The Kier molecular flexibility index (Phi) is 6.18. The largest absolute Gasteiger partial charge is 0.474 e. The molecule has 20 heavy (non-hydrogen) atoms. The zero-order valence-electron chi connectivity index (χ0n) is 11.5. The first-order valence-corrected chi connectivity index (χ1v) is 8.45. The second-order valence-corrected chi connectivity index (χ2v) is 7.16. The van der Waals surface area contributed by atoms with E-state index in [-0.39, 0.29) is 30.8 Å². The second-order valence-electron chi connectivity index (χ2n) is 4.49. The van der Waals surface area contributed by atoms with E-state index < -0.39 is 10.0 Å². The first-order valence-electron chi connectivity index (χ1n) is 5.76. The van der Waals surface area contributed by atoms with Crippen LogP contribution in [0.25, 0.3) is 0 Å². The first-order chi connectivity index (χ1) is 9.23. The molecule has 0 bridgehead atoms. The Morgan fingerprint density at radius 3 is 2.70 bits per heavy atom. The van der Waals surface area contributed by atoms with E-state index in [4.69, 9.17) is 4.74 Å². The minimum atomic E-state index is -3.43. The van der Waals surface area contributed by atoms with Crippen molar-refractivity contribution in [2.75, 3.05) is 38.3 Å². The van der Waals surface area contributed by atoms with Gasteiger partial charge in [0.2, 0.25) is 15.9 Å². The molecule has 1 aromatic heterocycles. The molecule has 2 N–H and O–H groups in total.